The molecule has 0 saturated carbocycles. The van der Waals surface area contributed by atoms with Crippen LogP contribution in [-0.2, 0) is 0 Å². The van der Waals surface area contributed by atoms with Gasteiger partial charge in [0.25, 0.3) is 0 Å². The molecule has 0 aromatic heterocycles. The van der Waals surface area contributed by atoms with E-state index in [1.54, 1.807) is 19.2 Å². The quantitative estimate of drug-likeness (QED) is 0.863. The number of anilines is 2. The van der Waals surface area contributed by atoms with Crippen LogP contribution in [0.3, 0.4) is 0 Å². The molecule has 1 heterocycles. The molecule has 0 spiro atoms. The number of carbonyl (C=O) groups is 1. The largest absolute Gasteiger partial charge is 0.495 e. The molecule has 1 amide bonds. The third-order valence-electron chi connectivity index (χ3n) is 4.74. The van der Waals surface area contributed by atoms with Crippen molar-refractivity contribution in [1.82, 2.24) is 4.90 Å². The van der Waals surface area contributed by atoms with Crippen LogP contribution in [0.5, 0.6) is 5.75 Å². The van der Waals surface area contributed by atoms with Crippen molar-refractivity contribution in [1.29, 1.82) is 0 Å². The third kappa shape index (κ3) is 4.26. The van der Waals surface area contributed by atoms with Gasteiger partial charge in [-0.15, -0.1) is 0 Å². The molecule has 0 aliphatic carbocycles. The van der Waals surface area contributed by atoms with Crippen LogP contribution in [0.25, 0.3) is 0 Å². The van der Waals surface area contributed by atoms with Crippen LogP contribution in [0.15, 0.2) is 54.6 Å². The zero-order valence-electron chi connectivity index (χ0n) is 15.0. The molecule has 6 heteroatoms. The number of hydrogen-bond acceptors (Lipinski definition) is 4. The zero-order valence-corrected chi connectivity index (χ0v) is 15.0. The van der Waals surface area contributed by atoms with Gasteiger partial charge in [0.2, 0.25) is 0 Å². The van der Waals surface area contributed by atoms with Gasteiger partial charge in [-0.3, -0.25) is 9.80 Å². The molecule has 26 heavy (non-hydrogen) atoms. The Morgan fingerprint density at radius 2 is 1.69 bits per heavy atom. The van der Waals surface area contributed by atoms with Crippen LogP contribution in [-0.4, -0.2) is 62.5 Å². The van der Waals surface area contributed by atoms with Crippen molar-refractivity contribution < 1.29 is 14.6 Å². The number of carboxylic acid groups (broad SMARTS) is 1. The highest BCUT2D eigenvalue weighted by atomic mass is 16.5. The van der Waals surface area contributed by atoms with Gasteiger partial charge < -0.3 is 14.7 Å². The maximum absolute atomic E-state index is 11.7. The van der Waals surface area contributed by atoms with Crippen LogP contribution in [0, 0.1) is 0 Å². The first-order valence-electron chi connectivity index (χ1n) is 8.85. The molecule has 138 valence electrons. The summed E-state index contributed by atoms with van der Waals surface area (Å²) in [6.45, 7) is 4.87. The van der Waals surface area contributed by atoms with Crippen molar-refractivity contribution in [2.75, 3.05) is 56.2 Å². The predicted molar refractivity (Wildman–Crippen MR) is 103 cm³/mol. The summed E-state index contributed by atoms with van der Waals surface area (Å²) in [6.07, 6.45) is -0.961. The Morgan fingerprint density at radius 3 is 2.35 bits per heavy atom. The smallest absolute Gasteiger partial charge is 0.411 e. The van der Waals surface area contributed by atoms with Gasteiger partial charge in [-0.2, -0.15) is 0 Å². The molecule has 0 radical (unpaired) electrons. The van der Waals surface area contributed by atoms with Crippen LogP contribution >= 0.6 is 0 Å². The molecule has 2 aromatic carbocycles. The molecule has 0 unspecified atom stereocenters. The predicted octanol–water partition coefficient (Wildman–Crippen LogP) is 3.00. The van der Waals surface area contributed by atoms with Crippen molar-refractivity contribution in [3.8, 4) is 5.75 Å². The molecule has 1 N–H and O–H groups in total. The minimum atomic E-state index is -0.961. The van der Waals surface area contributed by atoms with Gasteiger partial charge in [-0.25, -0.2) is 4.79 Å². The second kappa shape index (κ2) is 8.58. The molecule has 0 bridgehead atoms. The molecule has 1 aliphatic rings. The first kappa shape index (κ1) is 18.1. The molecule has 6 nitrogen and oxygen atoms in total. The van der Waals surface area contributed by atoms with Crippen LogP contribution in [0.4, 0.5) is 16.2 Å². The fraction of sp³-hybridized carbons (Fsp3) is 0.350. The van der Waals surface area contributed by atoms with E-state index in [0.717, 1.165) is 26.2 Å². The summed E-state index contributed by atoms with van der Waals surface area (Å²) in [5, 5.41) is 9.61. The lowest BCUT2D eigenvalue weighted by Crippen LogP contribution is -2.49. The van der Waals surface area contributed by atoms with E-state index in [-0.39, 0.29) is 0 Å². The lowest BCUT2D eigenvalue weighted by molar-refractivity contribution is 0.198. The highest BCUT2D eigenvalue weighted by molar-refractivity contribution is 5.88. The number of nitrogens with zero attached hydrogens (tertiary/aromatic N) is 3. The fourth-order valence-corrected chi connectivity index (χ4v) is 3.28. The highest BCUT2D eigenvalue weighted by Crippen LogP contribution is 2.27. The molecular weight excluding hydrogens is 330 g/mol. The minimum Gasteiger partial charge on any atom is -0.495 e. The number of ether oxygens (including phenoxy) is 1. The average Bonchev–Trinajstić information content (AvgIpc) is 2.69. The number of piperazine rings is 1. The third-order valence-corrected chi connectivity index (χ3v) is 4.74. The second-order valence-corrected chi connectivity index (χ2v) is 6.27. The van der Waals surface area contributed by atoms with Crippen molar-refractivity contribution in [3.05, 3.63) is 54.6 Å². The molecule has 2 aromatic rings. The van der Waals surface area contributed by atoms with Crippen LogP contribution in [0.2, 0.25) is 0 Å². The fourth-order valence-electron chi connectivity index (χ4n) is 3.28. The summed E-state index contributed by atoms with van der Waals surface area (Å²) in [7, 11) is 1.56. The normalized spacial score (nSPS) is 14.9. The van der Waals surface area contributed by atoms with Crippen LogP contribution in [0.1, 0.15) is 0 Å². The highest BCUT2D eigenvalue weighted by Gasteiger charge is 2.21. The van der Waals surface area contributed by atoms with E-state index in [0.29, 0.717) is 24.5 Å². The topological polar surface area (TPSA) is 56.2 Å². The molecule has 1 aliphatic heterocycles. The second-order valence-electron chi connectivity index (χ2n) is 6.27. The van der Waals surface area contributed by atoms with Crippen molar-refractivity contribution >= 4 is 17.5 Å². The Kier molecular flexibility index (Phi) is 5.96. The van der Waals surface area contributed by atoms with Gasteiger partial charge in [0.05, 0.1) is 12.8 Å². The number of methoxy groups -OCH3 is 1. The number of amides is 1. The number of rotatable bonds is 6. The summed E-state index contributed by atoms with van der Waals surface area (Å²) in [5.74, 6) is 0.573. The van der Waals surface area contributed by atoms with Crippen molar-refractivity contribution in [2.45, 2.75) is 0 Å². The van der Waals surface area contributed by atoms with Gasteiger partial charge >= 0.3 is 6.09 Å². The summed E-state index contributed by atoms with van der Waals surface area (Å²) >= 11 is 0. The van der Waals surface area contributed by atoms with Gasteiger partial charge in [0.1, 0.15) is 5.75 Å². The molecule has 1 saturated heterocycles. The van der Waals surface area contributed by atoms with E-state index in [4.69, 9.17) is 4.74 Å². The van der Waals surface area contributed by atoms with Gasteiger partial charge in [-0.1, -0.05) is 30.3 Å². The molecule has 3 rings (SSSR count). The van der Waals surface area contributed by atoms with Crippen molar-refractivity contribution in [2.24, 2.45) is 0 Å². The van der Waals surface area contributed by atoms with Gasteiger partial charge in [0, 0.05) is 45.0 Å². The van der Waals surface area contributed by atoms with E-state index in [9.17, 15) is 9.90 Å². The van der Waals surface area contributed by atoms with E-state index in [1.165, 1.54) is 10.6 Å². The molecular formula is C20H25N3O3. The Labute approximate surface area is 154 Å². The molecule has 1 fully saturated rings. The lowest BCUT2D eigenvalue weighted by Gasteiger charge is -2.36. The average molecular weight is 355 g/mol. The van der Waals surface area contributed by atoms with E-state index < -0.39 is 6.09 Å². The zero-order chi connectivity index (χ0) is 18.4. The first-order chi connectivity index (χ1) is 12.7. The maximum atomic E-state index is 11.7. The van der Waals surface area contributed by atoms with Crippen molar-refractivity contribution in [3.63, 3.8) is 0 Å². The summed E-state index contributed by atoms with van der Waals surface area (Å²) < 4.78 is 5.31. The number of benzene rings is 2. The Balaban J connectivity index is 1.57. The van der Waals surface area contributed by atoms with E-state index in [2.05, 4.69) is 34.1 Å². The van der Waals surface area contributed by atoms with Gasteiger partial charge in [-0.05, 0) is 24.3 Å². The summed E-state index contributed by atoms with van der Waals surface area (Å²) in [6, 6.07) is 17.6. The Bertz CT molecular complexity index is 715. The summed E-state index contributed by atoms with van der Waals surface area (Å²) in [5.41, 5.74) is 1.83. The molecule has 0 atom stereocenters. The number of para-hydroxylation sites is 3. The monoisotopic (exact) mass is 355 g/mol. The summed E-state index contributed by atoms with van der Waals surface area (Å²) in [4.78, 5) is 17.8. The standard InChI is InChI=1S/C20H25N3O3/c1-26-19-10-6-5-9-18(19)23(20(24)25)16-13-21-11-14-22(15-12-21)17-7-3-2-4-8-17/h2-10H,11-16H2,1H3,(H,24,25). The Morgan fingerprint density at radius 1 is 1.04 bits per heavy atom. The van der Waals surface area contributed by atoms with E-state index in [1.807, 2.05) is 18.2 Å². The maximum Gasteiger partial charge on any atom is 0.411 e. The lowest BCUT2D eigenvalue weighted by atomic mass is 10.2. The first-order valence-corrected chi connectivity index (χ1v) is 8.85. The number of hydrogen-bond donors (Lipinski definition) is 1. The van der Waals surface area contributed by atoms with E-state index >= 15 is 0 Å². The minimum absolute atomic E-state index is 0.418. The van der Waals surface area contributed by atoms with Gasteiger partial charge in [0.15, 0.2) is 0 Å². The SMILES string of the molecule is COc1ccccc1N(CCN1CCN(c2ccccc2)CC1)C(=O)O. The Hall–Kier alpha value is -2.73. The van der Waals surface area contributed by atoms with Crippen LogP contribution < -0.4 is 14.5 Å².